The molecule has 0 heterocycles. The van der Waals surface area contributed by atoms with Crippen LogP contribution in [0, 0.1) is 24.1 Å². The first-order chi connectivity index (χ1) is 11.0. The van der Waals surface area contributed by atoms with Gasteiger partial charge in [-0.3, -0.25) is 4.79 Å². The maximum Gasteiger partial charge on any atom is 0.267 e. The lowest BCUT2D eigenvalue weighted by Gasteiger charge is -2.07. The van der Waals surface area contributed by atoms with E-state index >= 15 is 0 Å². The molecule has 2 N–H and O–H groups in total. The molecular formula is C17H13ClFN3O. The first-order valence-corrected chi connectivity index (χ1v) is 7.07. The van der Waals surface area contributed by atoms with Crippen LogP contribution in [0.1, 0.15) is 5.56 Å². The largest absolute Gasteiger partial charge is 0.360 e. The number of carbonyl (C=O) groups excluding carboxylic acids is 1. The Morgan fingerprint density at radius 2 is 1.87 bits per heavy atom. The second-order valence-electron chi connectivity index (χ2n) is 4.74. The van der Waals surface area contributed by atoms with E-state index in [9.17, 15) is 9.18 Å². The van der Waals surface area contributed by atoms with Crippen LogP contribution in [-0.4, -0.2) is 5.91 Å². The summed E-state index contributed by atoms with van der Waals surface area (Å²) in [5.41, 5.74) is 1.82. The molecule has 0 saturated carbocycles. The summed E-state index contributed by atoms with van der Waals surface area (Å²) in [6.45, 7) is 1.85. The molecule has 0 unspecified atom stereocenters. The molecule has 0 atom stereocenters. The van der Waals surface area contributed by atoms with Gasteiger partial charge in [0.15, 0.2) is 0 Å². The Bertz CT molecular complexity index is 794. The van der Waals surface area contributed by atoms with Crippen molar-refractivity contribution in [3.63, 3.8) is 0 Å². The lowest BCUT2D eigenvalue weighted by atomic mass is 10.2. The summed E-state index contributed by atoms with van der Waals surface area (Å²) < 4.78 is 12.8. The van der Waals surface area contributed by atoms with Crippen LogP contribution in [-0.2, 0) is 4.79 Å². The molecular weight excluding hydrogens is 317 g/mol. The molecule has 23 heavy (non-hydrogen) atoms. The molecule has 0 spiro atoms. The summed E-state index contributed by atoms with van der Waals surface area (Å²) in [7, 11) is 0. The van der Waals surface area contributed by atoms with E-state index in [2.05, 4.69) is 10.6 Å². The molecule has 2 aromatic rings. The highest BCUT2D eigenvalue weighted by atomic mass is 35.5. The average Bonchev–Trinajstić information content (AvgIpc) is 2.53. The zero-order chi connectivity index (χ0) is 16.8. The fraction of sp³-hybridized carbons (Fsp3) is 0.0588. The van der Waals surface area contributed by atoms with E-state index in [-0.39, 0.29) is 11.4 Å². The summed E-state index contributed by atoms with van der Waals surface area (Å²) in [6.07, 6.45) is 1.26. The molecule has 2 aromatic carbocycles. The number of nitrogens with zero attached hydrogens (tertiary/aromatic N) is 1. The third-order valence-electron chi connectivity index (χ3n) is 3.02. The molecule has 0 bridgehead atoms. The molecule has 0 saturated heterocycles. The Morgan fingerprint density at radius 1 is 1.22 bits per heavy atom. The summed E-state index contributed by atoms with van der Waals surface area (Å²) in [4.78, 5) is 12.1. The Hall–Kier alpha value is -2.84. The molecule has 1 amide bonds. The molecule has 116 valence electrons. The van der Waals surface area contributed by atoms with Crippen molar-refractivity contribution in [1.82, 2.24) is 0 Å². The SMILES string of the molecule is Cc1ccc(NC(=O)/C(C#N)=C\Nc2ccc(F)cc2)cc1Cl. The second-order valence-corrected chi connectivity index (χ2v) is 5.15. The van der Waals surface area contributed by atoms with Gasteiger partial charge in [0.2, 0.25) is 0 Å². The fourth-order valence-corrected chi connectivity index (χ4v) is 1.90. The van der Waals surface area contributed by atoms with Gasteiger partial charge in [0.1, 0.15) is 17.5 Å². The van der Waals surface area contributed by atoms with Gasteiger partial charge in [-0.25, -0.2) is 4.39 Å². The van der Waals surface area contributed by atoms with Gasteiger partial charge in [0.25, 0.3) is 5.91 Å². The lowest BCUT2D eigenvalue weighted by molar-refractivity contribution is -0.112. The van der Waals surface area contributed by atoms with Gasteiger partial charge in [-0.1, -0.05) is 17.7 Å². The number of rotatable bonds is 4. The van der Waals surface area contributed by atoms with E-state index in [1.165, 1.54) is 30.5 Å². The van der Waals surface area contributed by atoms with E-state index in [0.29, 0.717) is 16.4 Å². The van der Waals surface area contributed by atoms with Gasteiger partial charge >= 0.3 is 0 Å². The van der Waals surface area contributed by atoms with Gasteiger partial charge in [-0.05, 0) is 48.9 Å². The number of nitrogens with one attached hydrogen (secondary N) is 2. The molecule has 0 aliphatic rings. The van der Waals surface area contributed by atoms with Crippen LogP contribution in [0.25, 0.3) is 0 Å². The highest BCUT2D eigenvalue weighted by Crippen LogP contribution is 2.20. The number of hydrogen-bond acceptors (Lipinski definition) is 3. The zero-order valence-corrected chi connectivity index (χ0v) is 13.0. The molecule has 0 fully saturated rings. The summed E-state index contributed by atoms with van der Waals surface area (Å²) >= 11 is 5.99. The number of halogens is 2. The van der Waals surface area contributed by atoms with Gasteiger partial charge in [0, 0.05) is 22.6 Å². The van der Waals surface area contributed by atoms with Gasteiger partial charge in [-0.15, -0.1) is 0 Å². The highest BCUT2D eigenvalue weighted by molar-refractivity contribution is 6.31. The van der Waals surface area contributed by atoms with Crippen LogP contribution in [0.2, 0.25) is 5.02 Å². The third kappa shape index (κ3) is 4.56. The minimum Gasteiger partial charge on any atom is -0.360 e. The average molecular weight is 330 g/mol. The van der Waals surface area contributed by atoms with E-state index in [1.807, 2.05) is 13.0 Å². The van der Waals surface area contributed by atoms with Crippen LogP contribution >= 0.6 is 11.6 Å². The molecule has 2 rings (SSSR count). The Kier molecular flexibility index (Phi) is 5.34. The molecule has 0 aliphatic carbocycles. The molecule has 0 radical (unpaired) electrons. The van der Waals surface area contributed by atoms with Gasteiger partial charge < -0.3 is 10.6 Å². The first-order valence-electron chi connectivity index (χ1n) is 6.69. The summed E-state index contributed by atoms with van der Waals surface area (Å²) in [5, 5.41) is 15.0. The van der Waals surface area contributed by atoms with Crippen LogP contribution in [0.3, 0.4) is 0 Å². The van der Waals surface area contributed by atoms with Crippen molar-refractivity contribution in [3.8, 4) is 6.07 Å². The Morgan fingerprint density at radius 3 is 2.48 bits per heavy atom. The summed E-state index contributed by atoms with van der Waals surface area (Å²) in [5.74, 6) is -0.934. The van der Waals surface area contributed by atoms with Crippen LogP contribution in [0.15, 0.2) is 54.2 Å². The van der Waals surface area contributed by atoms with Crippen LogP contribution in [0.5, 0.6) is 0 Å². The Balaban J connectivity index is 2.08. The summed E-state index contributed by atoms with van der Waals surface area (Å²) in [6, 6.07) is 12.4. The van der Waals surface area contributed by atoms with E-state index in [1.54, 1.807) is 18.2 Å². The molecule has 6 heteroatoms. The predicted molar refractivity (Wildman–Crippen MR) is 88.5 cm³/mol. The van der Waals surface area contributed by atoms with Gasteiger partial charge in [0.05, 0.1) is 0 Å². The number of amides is 1. The van der Waals surface area contributed by atoms with Gasteiger partial charge in [-0.2, -0.15) is 5.26 Å². The van der Waals surface area contributed by atoms with Crippen LogP contribution < -0.4 is 10.6 Å². The highest BCUT2D eigenvalue weighted by Gasteiger charge is 2.10. The molecule has 4 nitrogen and oxygen atoms in total. The predicted octanol–water partition coefficient (Wildman–Crippen LogP) is 4.25. The van der Waals surface area contributed by atoms with Crippen molar-refractivity contribution in [2.75, 3.05) is 10.6 Å². The van der Waals surface area contributed by atoms with Crippen molar-refractivity contribution in [3.05, 3.63) is 70.6 Å². The minimum atomic E-state index is -0.568. The zero-order valence-electron chi connectivity index (χ0n) is 12.2. The van der Waals surface area contributed by atoms with E-state index in [4.69, 9.17) is 16.9 Å². The number of benzene rings is 2. The fourth-order valence-electron chi connectivity index (χ4n) is 1.72. The standard InChI is InChI=1S/C17H13ClFN3O/c1-11-2-5-15(8-16(11)18)22-17(23)12(9-20)10-21-14-6-3-13(19)4-7-14/h2-8,10,21H,1H3,(H,22,23)/b12-10-. The second kappa shape index (κ2) is 7.43. The van der Waals surface area contributed by atoms with E-state index in [0.717, 1.165) is 5.56 Å². The number of aryl methyl sites for hydroxylation is 1. The Labute approximate surface area is 138 Å². The molecule has 0 aliphatic heterocycles. The van der Waals surface area contributed by atoms with Crippen molar-refractivity contribution in [2.24, 2.45) is 0 Å². The maximum atomic E-state index is 12.8. The number of carbonyl (C=O) groups is 1. The third-order valence-corrected chi connectivity index (χ3v) is 3.43. The monoisotopic (exact) mass is 329 g/mol. The topological polar surface area (TPSA) is 64.9 Å². The number of nitriles is 1. The lowest BCUT2D eigenvalue weighted by Crippen LogP contribution is -2.14. The van der Waals surface area contributed by atoms with Crippen molar-refractivity contribution in [2.45, 2.75) is 6.92 Å². The first kappa shape index (κ1) is 16.5. The number of hydrogen-bond donors (Lipinski definition) is 2. The molecule has 0 aromatic heterocycles. The normalized spacial score (nSPS) is 10.8. The van der Waals surface area contributed by atoms with Crippen molar-refractivity contribution >= 4 is 28.9 Å². The number of anilines is 2. The van der Waals surface area contributed by atoms with Crippen LogP contribution in [0.4, 0.5) is 15.8 Å². The van der Waals surface area contributed by atoms with E-state index < -0.39 is 5.91 Å². The smallest absolute Gasteiger partial charge is 0.267 e. The van der Waals surface area contributed by atoms with Crippen molar-refractivity contribution < 1.29 is 9.18 Å². The quantitative estimate of drug-likeness (QED) is 0.651. The minimum absolute atomic E-state index is 0.119. The van der Waals surface area contributed by atoms with Crippen molar-refractivity contribution in [1.29, 1.82) is 5.26 Å². The maximum absolute atomic E-state index is 12.8.